The molecule has 5 rings (SSSR count). The highest BCUT2D eigenvalue weighted by Gasteiger charge is 2.27. The highest BCUT2D eigenvalue weighted by atomic mass is 15.3. The molecular formula is C29H37N5. The third-order valence-electron chi connectivity index (χ3n) is 7.59. The Balaban J connectivity index is 1.38. The van der Waals surface area contributed by atoms with Gasteiger partial charge in [0.1, 0.15) is 0 Å². The van der Waals surface area contributed by atoms with Gasteiger partial charge in [-0.2, -0.15) is 0 Å². The number of para-hydroxylation sites is 1. The van der Waals surface area contributed by atoms with Crippen LogP contribution in [-0.4, -0.2) is 79.2 Å². The summed E-state index contributed by atoms with van der Waals surface area (Å²) in [6.45, 7) is 17.4. The van der Waals surface area contributed by atoms with Crippen LogP contribution in [-0.2, 0) is 13.0 Å². The van der Waals surface area contributed by atoms with Crippen molar-refractivity contribution >= 4 is 22.3 Å². The molecule has 34 heavy (non-hydrogen) atoms. The van der Waals surface area contributed by atoms with Crippen LogP contribution in [0.4, 0.5) is 0 Å². The fourth-order valence-electron chi connectivity index (χ4n) is 5.37. The molecule has 5 heteroatoms. The van der Waals surface area contributed by atoms with Crippen LogP contribution in [0, 0.1) is 0 Å². The second-order valence-corrected chi connectivity index (χ2v) is 9.68. The second kappa shape index (κ2) is 9.69. The van der Waals surface area contributed by atoms with E-state index in [1.807, 2.05) is 7.05 Å². The van der Waals surface area contributed by atoms with Crippen molar-refractivity contribution in [2.24, 2.45) is 0 Å². The third-order valence-corrected chi connectivity index (χ3v) is 7.59. The summed E-state index contributed by atoms with van der Waals surface area (Å²) in [5.41, 5.74) is 8.65. The molecule has 0 atom stereocenters. The van der Waals surface area contributed by atoms with E-state index in [4.69, 9.17) is 0 Å². The summed E-state index contributed by atoms with van der Waals surface area (Å²) >= 11 is 0. The molecule has 0 bridgehead atoms. The SMILES string of the molecule is C=C(NC)c1ccc(Cn2c3c(c4ccccc42)C(=C)N(CCN2CCN(C)CC2)CC3)cc1. The molecule has 1 N–H and O–H groups in total. The van der Waals surface area contributed by atoms with E-state index in [1.54, 1.807) is 0 Å². The fraction of sp³-hybridized carbons (Fsp3) is 0.379. The molecule has 0 radical (unpaired) electrons. The van der Waals surface area contributed by atoms with Gasteiger partial charge in [0.25, 0.3) is 0 Å². The van der Waals surface area contributed by atoms with Gasteiger partial charge in [0, 0.05) is 99.4 Å². The maximum absolute atomic E-state index is 4.59. The lowest BCUT2D eigenvalue weighted by Crippen LogP contribution is -2.47. The van der Waals surface area contributed by atoms with Gasteiger partial charge in [-0.15, -0.1) is 0 Å². The summed E-state index contributed by atoms with van der Waals surface area (Å²) < 4.78 is 2.51. The number of nitrogens with one attached hydrogen (secondary N) is 1. The minimum absolute atomic E-state index is 0.872. The maximum Gasteiger partial charge on any atom is 0.0492 e. The van der Waals surface area contributed by atoms with Crippen LogP contribution < -0.4 is 5.32 Å². The van der Waals surface area contributed by atoms with Crippen molar-refractivity contribution in [1.82, 2.24) is 24.6 Å². The molecule has 178 valence electrons. The van der Waals surface area contributed by atoms with E-state index in [1.165, 1.54) is 59.6 Å². The van der Waals surface area contributed by atoms with Crippen LogP contribution in [0.1, 0.15) is 22.4 Å². The second-order valence-electron chi connectivity index (χ2n) is 9.68. The Bertz CT molecular complexity index is 1180. The summed E-state index contributed by atoms with van der Waals surface area (Å²) in [4.78, 5) is 7.52. The summed E-state index contributed by atoms with van der Waals surface area (Å²) in [5, 5.41) is 4.46. The zero-order chi connectivity index (χ0) is 23.7. The number of rotatable bonds is 7. The molecule has 0 unspecified atom stereocenters. The van der Waals surface area contributed by atoms with Crippen LogP contribution in [0.5, 0.6) is 0 Å². The number of hydrogen-bond acceptors (Lipinski definition) is 4. The largest absolute Gasteiger partial charge is 0.388 e. The molecule has 3 heterocycles. The fourth-order valence-corrected chi connectivity index (χ4v) is 5.37. The minimum atomic E-state index is 0.872. The van der Waals surface area contributed by atoms with Crippen molar-refractivity contribution in [3.63, 3.8) is 0 Å². The Morgan fingerprint density at radius 2 is 1.68 bits per heavy atom. The first kappa shape index (κ1) is 22.8. The van der Waals surface area contributed by atoms with E-state index < -0.39 is 0 Å². The Labute approximate surface area is 204 Å². The van der Waals surface area contributed by atoms with Crippen molar-refractivity contribution in [1.29, 1.82) is 0 Å². The minimum Gasteiger partial charge on any atom is -0.388 e. The highest BCUT2D eigenvalue weighted by molar-refractivity contribution is 5.94. The predicted molar refractivity (Wildman–Crippen MR) is 144 cm³/mol. The maximum atomic E-state index is 4.59. The summed E-state index contributed by atoms with van der Waals surface area (Å²) in [5.74, 6) is 0. The lowest BCUT2D eigenvalue weighted by molar-refractivity contribution is 0.145. The van der Waals surface area contributed by atoms with Crippen molar-refractivity contribution < 1.29 is 0 Å². The number of nitrogens with zero attached hydrogens (tertiary/aromatic N) is 4. The molecular weight excluding hydrogens is 418 g/mol. The van der Waals surface area contributed by atoms with E-state index in [0.29, 0.717) is 0 Å². The summed E-state index contributed by atoms with van der Waals surface area (Å²) in [6, 6.07) is 17.6. The summed E-state index contributed by atoms with van der Waals surface area (Å²) in [6.07, 6.45) is 1.06. The molecule has 2 aliphatic rings. The van der Waals surface area contributed by atoms with Crippen molar-refractivity contribution in [3.05, 3.63) is 84.1 Å². The van der Waals surface area contributed by atoms with Gasteiger partial charge in [-0.05, 0) is 24.2 Å². The van der Waals surface area contributed by atoms with Crippen LogP contribution in [0.15, 0.2) is 61.7 Å². The molecule has 1 saturated heterocycles. The van der Waals surface area contributed by atoms with Crippen LogP contribution in [0.3, 0.4) is 0 Å². The molecule has 1 fully saturated rings. The molecule has 3 aromatic rings. The first-order chi connectivity index (χ1) is 16.5. The van der Waals surface area contributed by atoms with Gasteiger partial charge < -0.3 is 19.7 Å². The number of likely N-dealkylation sites (N-methyl/N-ethyl adjacent to an activating group) is 1. The van der Waals surface area contributed by atoms with Gasteiger partial charge in [-0.1, -0.05) is 55.6 Å². The van der Waals surface area contributed by atoms with E-state index in [0.717, 1.165) is 43.9 Å². The van der Waals surface area contributed by atoms with E-state index in [2.05, 4.69) is 93.3 Å². The Morgan fingerprint density at radius 1 is 0.941 bits per heavy atom. The first-order valence-corrected chi connectivity index (χ1v) is 12.5. The molecule has 0 saturated carbocycles. The van der Waals surface area contributed by atoms with Crippen molar-refractivity contribution in [3.8, 4) is 0 Å². The quantitative estimate of drug-likeness (QED) is 0.584. The van der Waals surface area contributed by atoms with Gasteiger partial charge >= 0.3 is 0 Å². The van der Waals surface area contributed by atoms with Gasteiger partial charge in [0.2, 0.25) is 0 Å². The zero-order valence-corrected chi connectivity index (χ0v) is 20.7. The Kier molecular flexibility index (Phi) is 6.48. The zero-order valence-electron chi connectivity index (χ0n) is 20.7. The molecule has 5 nitrogen and oxygen atoms in total. The number of piperazine rings is 1. The predicted octanol–water partition coefficient (Wildman–Crippen LogP) is 3.96. The van der Waals surface area contributed by atoms with Crippen LogP contribution in [0.25, 0.3) is 22.3 Å². The van der Waals surface area contributed by atoms with E-state index in [9.17, 15) is 0 Å². The van der Waals surface area contributed by atoms with Crippen molar-refractivity contribution in [2.45, 2.75) is 13.0 Å². The average Bonchev–Trinajstić information content (AvgIpc) is 3.18. The average molecular weight is 456 g/mol. The lowest BCUT2D eigenvalue weighted by atomic mass is 10.0. The van der Waals surface area contributed by atoms with Gasteiger partial charge in [-0.25, -0.2) is 0 Å². The lowest BCUT2D eigenvalue weighted by Gasteiger charge is -2.36. The van der Waals surface area contributed by atoms with Crippen LogP contribution in [0.2, 0.25) is 0 Å². The number of benzene rings is 2. The molecule has 0 aliphatic carbocycles. The number of aromatic nitrogens is 1. The van der Waals surface area contributed by atoms with E-state index in [-0.39, 0.29) is 0 Å². The molecule has 0 amide bonds. The van der Waals surface area contributed by atoms with Gasteiger partial charge in [0.05, 0.1) is 0 Å². The van der Waals surface area contributed by atoms with Gasteiger partial charge in [-0.3, -0.25) is 4.90 Å². The van der Waals surface area contributed by atoms with E-state index >= 15 is 0 Å². The normalized spacial score (nSPS) is 17.2. The first-order valence-electron chi connectivity index (χ1n) is 12.5. The summed E-state index contributed by atoms with van der Waals surface area (Å²) in [7, 11) is 4.13. The van der Waals surface area contributed by atoms with Crippen molar-refractivity contribution in [2.75, 3.05) is 59.9 Å². The Hall–Kier alpha value is -3.02. The number of hydrogen-bond donors (Lipinski definition) is 1. The molecule has 1 aromatic heterocycles. The molecule has 0 spiro atoms. The molecule has 2 aliphatic heterocycles. The molecule has 2 aromatic carbocycles. The highest BCUT2D eigenvalue weighted by Crippen LogP contribution is 2.36. The number of fused-ring (bicyclic) bond motifs is 3. The monoisotopic (exact) mass is 455 g/mol. The van der Waals surface area contributed by atoms with Crippen LogP contribution >= 0.6 is 0 Å². The van der Waals surface area contributed by atoms with Gasteiger partial charge in [0.15, 0.2) is 0 Å². The smallest absolute Gasteiger partial charge is 0.0492 e. The standard InChI is InChI=1S/C29H37N5/c1-22(30-3)25-11-9-24(10-12-25)21-34-27-8-6-5-7-26(27)29-23(2)33(14-13-28(29)34)20-19-32-17-15-31(4)16-18-32/h5-12,30H,1-2,13-21H2,3-4H3. The Morgan fingerprint density at radius 3 is 2.41 bits per heavy atom. The topological polar surface area (TPSA) is 26.7 Å². The third kappa shape index (κ3) is 4.38.